The number of hydrogen-bond donors (Lipinski definition) is 3. The molecule has 7 aromatic rings. The molecule has 24 heteroatoms. The van der Waals surface area contributed by atoms with Gasteiger partial charge in [-0.25, -0.2) is 22.0 Å². The van der Waals surface area contributed by atoms with Crippen molar-refractivity contribution in [2.75, 3.05) is 63.1 Å². The molecule has 4 aliphatic heterocycles. The van der Waals surface area contributed by atoms with Gasteiger partial charge in [-0.05, 0) is 97.5 Å². The van der Waals surface area contributed by atoms with Crippen molar-refractivity contribution in [1.82, 2.24) is 35.6 Å². The van der Waals surface area contributed by atoms with Crippen LogP contribution >= 0.6 is 11.3 Å². The van der Waals surface area contributed by atoms with Crippen LogP contribution in [0.15, 0.2) is 71.3 Å². The summed E-state index contributed by atoms with van der Waals surface area (Å²) >= 11 is 0.673. The number of alkyl halides is 4. The molecule has 4 aromatic carbocycles. The van der Waals surface area contributed by atoms with Crippen LogP contribution in [0.3, 0.4) is 0 Å². The maximum absolute atomic E-state index is 17.3. The van der Waals surface area contributed by atoms with Gasteiger partial charge in [-0.2, -0.15) is 28.4 Å². The number of carbonyl (C=O) groups is 2. The van der Waals surface area contributed by atoms with Gasteiger partial charge in [0.15, 0.2) is 11.6 Å². The number of amides is 2. The van der Waals surface area contributed by atoms with E-state index in [-0.39, 0.29) is 136 Å². The molecule has 0 saturated carbocycles. The van der Waals surface area contributed by atoms with Gasteiger partial charge in [-0.1, -0.05) is 50.2 Å². The second-order valence-electron chi connectivity index (χ2n) is 22.2. The zero-order valence-corrected chi connectivity index (χ0v) is 46.2. The number of likely N-dealkylation sites (tertiary alicyclic amines) is 2. The van der Waals surface area contributed by atoms with Crippen LogP contribution in [-0.4, -0.2) is 113 Å². The van der Waals surface area contributed by atoms with Crippen molar-refractivity contribution in [3.63, 3.8) is 0 Å². The number of thiophene rings is 1. The predicted octanol–water partition coefficient (Wildman–Crippen LogP) is 11.0. The lowest BCUT2D eigenvalue weighted by Gasteiger charge is -2.35. The highest BCUT2D eigenvalue weighted by molar-refractivity contribution is 7.23. The molecular weight excluding hydrogens is 1110 g/mol. The summed E-state index contributed by atoms with van der Waals surface area (Å²) in [5, 5.41) is 19.8. The Hall–Kier alpha value is -7.62. The molecule has 5 unspecified atom stereocenters. The summed E-state index contributed by atoms with van der Waals surface area (Å²) in [5.74, 6) is -5.21. The number of ether oxygens (including phenoxy) is 2. The molecule has 4 fully saturated rings. The highest BCUT2D eigenvalue weighted by atomic mass is 32.1. The first kappa shape index (κ1) is 57.2. The number of nitriles is 1. The molecule has 0 spiro atoms. The molecule has 83 heavy (non-hydrogen) atoms. The number of aromatic nitrogens is 3. The Kier molecular flexibility index (Phi) is 15.8. The minimum atomic E-state index is -5.12. The third-order valence-corrected chi connectivity index (χ3v) is 17.4. The number of rotatable bonds is 16. The number of nitrogen functional groups attached to an aromatic ring is 1. The Labute approximate surface area is 475 Å². The van der Waals surface area contributed by atoms with Crippen LogP contribution in [0.4, 0.5) is 45.9 Å². The Balaban J connectivity index is 0.728. The lowest BCUT2D eigenvalue weighted by Crippen LogP contribution is -2.51. The van der Waals surface area contributed by atoms with E-state index < -0.39 is 69.8 Å². The first-order valence-electron chi connectivity index (χ1n) is 27.5. The Morgan fingerprint density at radius 2 is 1.64 bits per heavy atom. The van der Waals surface area contributed by atoms with Crippen LogP contribution in [0.2, 0.25) is 0 Å². The van der Waals surface area contributed by atoms with E-state index in [0.29, 0.717) is 54.9 Å². The molecule has 0 aliphatic carbocycles. The Morgan fingerprint density at radius 1 is 0.928 bits per heavy atom. The minimum absolute atomic E-state index is 0.0159. The van der Waals surface area contributed by atoms with Crippen LogP contribution in [0.5, 0.6) is 11.9 Å². The summed E-state index contributed by atoms with van der Waals surface area (Å²) < 4.78 is 141. The first-order chi connectivity index (χ1) is 39.7. The fourth-order valence-corrected chi connectivity index (χ4v) is 13.0. The van der Waals surface area contributed by atoms with E-state index in [1.54, 1.807) is 36.1 Å². The van der Waals surface area contributed by atoms with Gasteiger partial charge < -0.3 is 40.2 Å². The molecule has 436 valence electrons. The number of nitrogens with one attached hydrogen (secondary N) is 2. The van der Waals surface area contributed by atoms with Gasteiger partial charge in [0.25, 0.3) is 5.88 Å². The lowest BCUT2D eigenvalue weighted by molar-refractivity contribution is -0.141. The van der Waals surface area contributed by atoms with Gasteiger partial charge in [0.1, 0.15) is 70.7 Å². The normalized spacial score (nSPS) is 19.8. The largest absolute Gasteiger partial charge is 0.472 e. The highest BCUT2D eigenvalue weighted by Gasteiger charge is 2.43. The third-order valence-electron chi connectivity index (χ3n) is 16.4. The average Bonchev–Trinajstić information content (AvgIpc) is 2.93. The van der Waals surface area contributed by atoms with Crippen LogP contribution in [0.1, 0.15) is 93.7 Å². The molecule has 15 nitrogen and oxygen atoms in total. The molecule has 3 aromatic heterocycles. The SMILES string of the molecule is CC(NC(=O)C1CCCN1C(=O)C(c1cc(OCC2(F)CCN(CCOc3nc(N4CC5CCC(C4)N5)c4cc(C(F)(F)F)c(-c5ccc(F)c6sc(N)c(C#N)c56)c(F)c4n3)CC2)no1)C(C)C)c1ccc(-c2c(F)cccc2F)cc1. The zero-order chi connectivity index (χ0) is 58.6. The average molecular weight is 1170 g/mol. The van der Waals surface area contributed by atoms with Crippen molar-refractivity contribution in [3.8, 4) is 40.2 Å². The summed E-state index contributed by atoms with van der Waals surface area (Å²) in [7, 11) is 0. The molecule has 4 saturated heterocycles. The van der Waals surface area contributed by atoms with Gasteiger partial charge in [0.05, 0.1) is 27.4 Å². The molecule has 7 heterocycles. The molecule has 11 rings (SSSR count). The zero-order valence-electron chi connectivity index (χ0n) is 45.4. The van der Waals surface area contributed by atoms with E-state index in [4.69, 9.17) is 19.7 Å². The van der Waals surface area contributed by atoms with Crippen molar-refractivity contribution < 1.29 is 58.7 Å². The number of benzene rings is 4. The van der Waals surface area contributed by atoms with E-state index >= 15 is 26.3 Å². The van der Waals surface area contributed by atoms with E-state index in [2.05, 4.69) is 25.8 Å². The molecule has 2 amide bonds. The minimum Gasteiger partial charge on any atom is -0.472 e. The number of fused-ring (bicyclic) bond motifs is 4. The summed E-state index contributed by atoms with van der Waals surface area (Å²) in [6.07, 6.45) is -2.35. The number of hydrogen-bond acceptors (Lipinski definition) is 14. The van der Waals surface area contributed by atoms with Crippen molar-refractivity contribution >= 4 is 55.0 Å². The monoisotopic (exact) mass is 1170 g/mol. The quantitative estimate of drug-likeness (QED) is 0.0776. The number of anilines is 2. The number of piperidine rings is 1. The lowest BCUT2D eigenvalue weighted by atomic mass is 9.91. The summed E-state index contributed by atoms with van der Waals surface area (Å²) in [6, 6.07) is 14.7. The predicted molar refractivity (Wildman–Crippen MR) is 294 cm³/mol. The summed E-state index contributed by atoms with van der Waals surface area (Å²) in [4.78, 5) is 42.2. The van der Waals surface area contributed by atoms with Crippen molar-refractivity contribution in [3.05, 3.63) is 112 Å². The van der Waals surface area contributed by atoms with Crippen molar-refractivity contribution in [1.29, 1.82) is 5.26 Å². The van der Waals surface area contributed by atoms with E-state index in [1.165, 1.54) is 29.2 Å². The molecule has 5 atom stereocenters. The fourth-order valence-electron chi connectivity index (χ4n) is 12.1. The number of halogens is 8. The van der Waals surface area contributed by atoms with Crippen molar-refractivity contribution in [2.24, 2.45) is 5.92 Å². The smallest absolute Gasteiger partial charge is 0.417 e. The molecule has 0 radical (unpaired) electrons. The highest BCUT2D eigenvalue weighted by Crippen LogP contribution is 2.48. The van der Waals surface area contributed by atoms with Crippen LogP contribution in [-0.2, 0) is 15.8 Å². The molecule has 4 N–H and O–H groups in total. The van der Waals surface area contributed by atoms with E-state index in [1.807, 2.05) is 24.8 Å². The maximum atomic E-state index is 17.3. The van der Waals surface area contributed by atoms with Gasteiger partial charge in [0.2, 0.25) is 11.8 Å². The van der Waals surface area contributed by atoms with Crippen LogP contribution in [0.25, 0.3) is 43.2 Å². The van der Waals surface area contributed by atoms with Gasteiger partial charge in [-0.15, -0.1) is 11.3 Å². The van der Waals surface area contributed by atoms with Crippen LogP contribution < -0.4 is 30.7 Å². The van der Waals surface area contributed by atoms with Gasteiger partial charge >= 0.3 is 12.2 Å². The molecule has 4 aliphatic rings. The van der Waals surface area contributed by atoms with Gasteiger partial charge in [0, 0.05) is 73.8 Å². The second-order valence-corrected chi connectivity index (χ2v) is 23.2. The van der Waals surface area contributed by atoms with E-state index in [9.17, 15) is 23.6 Å². The molecular formula is C59H58F8N10O5S. The standard InChI is InChI=1S/C59H58F8N10O5S/c1-30(2)46(56(79)77-19-5-8-43(77)55(78)70-31(3)32-9-11-33(12-10-32)47-40(60)6-4-7-41(47)61)44-25-45(74-82-44)81-29-58(64)17-20-75(21-18-58)22-23-80-57-72-51-37(54(73-57)76-27-34-13-14-35(28-76)71-34)24-39(59(65,66)67)49(50(51)63)36-15-16-42(62)52-48(36)38(26-68)53(69)83-52/h4,6-7,9-12,15-16,24-25,30-31,34-35,43,46,71H,5,8,13-14,17-23,27-29,69H2,1-3H3,(H,70,78). The van der Waals surface area contributed by atoms with Gasteiger partial charge in [-0.3, -0.25) is 14.5 Å². The first-order valence-corrected chi connectivity index (χ1v) is 28.3. The third kappa shape index (κ3) is 11.3. The topological polar surface area (TPSA) is 188 Å². The number of carbonyl (C=O) groups excluding carboxylic acids is 2. The van der Waals surface area contributed by atoms with Crippen molar-refractivity contribution in [2.45, 2.75) is 101 Å². The Bertz CT molecular complexity index is 3630. The van der Waals surface area contributed by atoms with E-state index in [0.717, 1.165) is 31.0 Å². The Morgan fingerprint density at radius 3 is 2.31 bits per heavy atom. The number of piperazine rings is 1. The summed E-state index contributed by atoms with van der Waals surface area (Å²) in [5.41, 5.74) is 1.70. The molecule has 2 bridgehead atoms. The summed E-state index contributed by atoms with van der Waals surface area (Å²) in [6.45, 7) is 6.90. The fraction of sp³-hybridized carbons (Fsp3) is 0.424. The maximum Gasteiger partial charge on any atom is 0.417 e. The van der Waals surface area contributed by atoms with Crippen LogP contribution in [0, 0.1) is 40.5 Å². The second kappa shape index (κ2) is 22.9. The number of nitrogens with zero attached hydrogens (tertiary/aromatic N) is 7. The number of nitrogens with two attached hydrogens (primary N) is 1.